The van der Waals surface area contributed by atoms with Gasteiger partial charge in [-0.05, 0) is 18.3 Å². The van der Waals surface area contributed by atoms with Crippen LogP contribution in [0.15, 0.2) is 23.7 Å². The first-order valence-electron chi connectivity index (χ1n) is 5.78. The molecule has 1 aromatic rings. The first-order valence-corrected chi connectivity index (χ1v) is 6.66. The van der Waals surface area contributed by atoms with Crippen molar-refractivity contribution in [2.75, 3.05) is 5.32 Å². The van der Waals surface area contributed by atoms with E-state index in [1.807, 2.05) is 12.2 Å². The van der Waals surface area contributed by atoms with Crippen LogP contribution < -0.4 is 5.32 Å². The Balaban J connectivity index is 1.80. The van der Waals surface area contributed by atoms with Gasteiger partial charge in [0.1, 0.15) is 0 Å². The van der Waals surface area contributed by atoms with Crippen molar-refractivity contribution < 1.29 is 14.7 Å². The van der Waals surface area contributed by atoms with Crippen molar-refractivity contribution in [1.82, 2.24) is 4.98 Å². The number of carboxylic acid groups (broad SMARTS) is 1. The molecule has 0 saturated heterocycles. The van der Waals surface area contributed by atoms with E-state index in [2.05, 4.69) is 10.3 Å². The molecular weight excluding hydrogens is 252 g/mol. The number of rotatable bonds is 3. The fraction of sp³-hybridized carbons (Fsp3) is 0.417. The van der Waals surface area contributed by atoms with Gasteiger partial charge in [0, 0.05) is 11.6 Å². The number of hydrogen-bond acceptors (Lipinski definition) is 4. The molecule has 4 atom stereocenters. The van der Waals surface area contributed by atoms with Crippen LogP contribution in [-0.2, 0) is 9.59 Å². The second-order valence-corrected chi connectivity index (χ2v) is 5.56. The van der Waals surface area contributed by atoms with Crippen LogP contribution in [0.5, 0.6) is 0 Å². The first-order chi connectivity index (χ1) is 8.66. The Bertz CT molecular complexity index is 511. The Labute approximate surface area is 108 Å². The van der Waals surface area contributed by atoms with E-state index >= 15 is 0 Å². The average Bonchev–Trinajstić information content (AvgIpc) is 3.03. The summed E-state index contributed by atoms with van der Waals surface area (Å²) in [6, 6.07) is 0. The average molecular weight is 264 g/mol. The summed E-state index contributed by atoms with van der Waals surface area (Å²) >= 11 is 1.33. The maximum atomic E-state index is 12.2. The van der Waals surface area contributed by atoms with Gasteiger partial charge in [-0.15, -0.1) is 11.3 Å². The second kappa shape index (κ2) is 4.20. The molecule has 18 heavy (non-hydrogen) atoms. The number of anilines is 1. The number of carbonyl (C=O) groups excluding carboxylic acids is 1. The van der Waals surface area contributed by atoms with E-state index in [9.17, 15) is 14.7 Å². The van der Waals surface area contributed by atoms with Crippen molar-refractivity contribution in [3.05, 3.63) is 23.7 Å². The number of carboxylic acids is 1. The van der Waals surface area contributed by atoms with E-state index in [0.29, 0.717) is 5.13 Å². The summed E-state index contributed by atoms with van der Waals surface area (Å²) in [5.41, 5.74) is 0. The molecule has 1 amide bonds. The molecule has 2 N–H and O–H groups in total. The zero-order valence-corrected chi connectivity index (χ0v) is 10.3. The van der Waals surface area contributed by atoms with Crippen LogP contribution in [0.2, 0.25) is 0 Å². The lowest BCUT2D eigenvalue weighted by atomic mass is 9.82. The van der Waals surface area contributed by atoms with Crippen LogP contribution >= 0.6 is 11.3 Å². The van der Waals surface area contributed by atoms with Gasteiger partial charge in [-0.25, -0.2) is 4.98 Å². The zero-order valence-electron chi connectivity index (χ0n) is 9.45. The van der Waals surface area contributed by atoms with Crippen LogP contribution in [0, 0.1) is 23.7 Å². The highest BCUT2D eigenvalue weighted by molar-refractivity contribution is 7.13. The van der Waals surface area contributed by atoms with Crippen molar-refractivity contribution in [2.24, 2.45) is 23.7 Å². The lowest BCUT2D eigenvalue weighted by Gasteiger charge is -2.23. The van der Waals surface area contributed by atoms with Crippen LogP contribution in [0.25, 0.3) is 0 Å². The highest BCUT2D eigenvalue weighted by atomic mass is 32.1. The van der Waals surface area contributed by atoms with Gasteiger partial charge < -0.3 is 10.4 Å². The van der Waals surface area contributed by atoms with Crippen LogP contribution in [-0.4, -0.2) is 22.0 Å². The number of hydrogen-bond donors (Lipinski definition) is 2. The molecule has 0 aliphatic heterocycles. The molecule has 6 heteroatoms. The monoisotopic (exact) mass is 264 g/mol. The maximum Gasteiger partial charge on any atom is 0.307 e. The number of nitrogens with one attached hydrogen (secondary N) is 1. The lowest BCUT2D eigenvalue weighted by molar-refractivity contribution is -0.146. The Kier molecular flexibility index (Phi) is 2.66. The molecule has 5 nitrogen and oxygen atoms in total. The summed E-state index contributed by atoms with van der Waals surface area (Å²) < 4.78 is 0. The zero-order chi connectivity index (χ0) is 12.7. The number of thiazole rings is 1. The molecule has 2 aliphatic carbocycles. The number of aliphatic carboxylic acids is 1. The normalized spacial score (nSPS) is 32.7. The highest BCUT2D eigenvalue weighted by Gasteiger charge is 2.51. The van der Waals surface area contributed by atoms with Gasteiger partial charge in [-0.2, -0.15) is 0 Å². The predicted octanol–water partition coefficient (Wildman–Crippen LogP) is 1.60. The molecule has 1 saturated carbocycles. The van der Waals surface area contributed by atoms with Gasteiger partial charge in [0.2, 0.25) is 5.91 Å². The molecule has 1 fully saturated rings. The highest BCUT2D eigenvalue weighted by Crippen LogP contribution is 2.48. The molecule has 1 heterocycles. The molecule has 2 bridgehead atoms. The van der Waals surface area contributed by atoms with Crippen molar-refractivity contribution in [1.29, 1.82) is 0 Å². The molecule has 3 rings (SSSR count). The third-order valence-electron chi connectivity index (χ3n) is 3.71. The quantitative estimate of drug-likeness (QED) is 0.813. The molecule has 94 valence electrons. The van der Waals surface area contributed by atoms with E-state index in [1.165, 1.54) is 11.3 Å². The van der Waals surface area contributed by atoms with Gasteiger partial charge in [0.05, 0.1) is 11.8 Å². The van der Waals surface area contributed by atoms with Crippen molar-refractivity contribution in [3.63, 3.8) is 0 Å². The fourth-order valence-electron chi connectivity index (χ4n) is 2.99. The lowest BCUT2D eigenvalue weighted by Crippen LogP contribution is -2.36. The molecule has 2 aliphatic rings. The minimum atomic E-state index is -0.883. The molecule has 0 radical (unpaired) electrons. The van der Waals surface area contributed by atoms with Crippen LogP contribution in [0.1, 0.15) is 6.42 Å². The molecule has 0 spiro atoms. The minimum Gasteiger partial charge on any atom is -0.481 e. The van der Waals surface area contributed by atoms with Gasteiger partial charge >= 0.3 is 5.97 Å². The maximum absolute atomic E-state index is 12.2. The van der Waals surface area contributed by atoms with Crippen molar-refractivity contribution in [3.8, 4) is 0 Å². The van der Waals surface area contributed by atoms with E-state index in [4.69, 9.17) is 0 Å². The first kappa shape index (κ1) is 11.4. The molecule has 1 aromatic heterocycles. The van der Waals surface area contributed by atoms with Crippen molar-refractivity contribution in [2.45, 2.75) is 6.42 Å². The summed E-state index contributed by atoms with van der Waals surface area (Å²) in [5.74, 6) is -2.13. The predicted molar refractivity (Wildman–Crippen MR) is 66.1 cm³/mol. The third kappa shape index (κ3) is 1.73. The Morgan fingerprint density at radius 2 is 2.06 bits per heavy atom. The summed E-state index contributed by atoms with van der Waals surface area (Å²) in [7, 11) is 0. The number of fused-ring (bicyclic) bond motifs is 2. The minimum absolute atomic E-state index is 0.000421. The molecule has 2 unspecified atom stereocenters. The number of allylic oxidation sites excluding steroid dienone is 2. The van der Waals surface area contributed by atoms with Gasteiger partial charge in [0.15, 0.2) is 5.13 Å². The fourth-order valence-corrected chi connectivity index (χ4v) is 3.52. The Morgan fingerprint density at radius 3 is 2.67 bits per heavy atom. The summed E-state index contributed by atoms with van der Waals surface area (Å²) in [6.45, 7) is 0. The van der Waals surface area contributed by atoms with Gasteiger partial charge in [-0.1, -0.05) is 12.2 Å². The van der Waals surface area contributed by atoms with E-state index in [-0.39, 0.29) is 17.7 Å². The second-order valence-electron chi connectivity index (χ2n) is 4.66. The summed E-state index contributed by atoms with van der Waals surface area (Å²) in [5, 5.41) is 14.3. The Hall–Kier alpha value is -1.69. The molecular formula is C12H12N2O3S. The summed E-state index contributed by atoms with van der Waals surface area (Å²) in [6.07, 6.45) is 6.27. The van der Waals surface area contributed by atoms with Crippen LogP contribution in [0.3, 0.4) is 0 Å². The largest absolute Gasteiger partial charge is 0.481 e. The van der Waals surface area contributed by atoms with Gasteiger partial charge in [-0.3, -0.25) is 9.59 Å². The van der Waals surface area contributed by atoms with E-state index in [1.54, 1.807) is 11.6 Å². The number of nitrogens with zero attached hydrogens (tertiary/aromatic N) is 1. The standard InChI is InChI=1S/C12H12N2O3S/c15-10(14-12-13-3-4-18-12)8-6-1-2-7(5-6)9(8)11(16)17/h1-4,6-9H,5H2,(H,16,17)(H,13,14,15)/t6-,7+,8?,9?/m0/s1. The topological polar surface area (TPSA) is 79.3 Å². The van der Waals surface area contributed by atoms with Crippen LogP contribution in [0.4, 0.5) is 5.13 Å². The number of carbonyl (C=O) groups is 2. The van der Waals surface area contributed by atoms with Gasteiger partial charge in [0.25, 0.3) is 0 Å². The number of aromatic nitrogens is 1. The third-order valence-corrected chi connectivity index (χ3v) is 4.40. The van der Waals surface area contributed by atoms with E-state index in [0.717, 1.165) is 6.42 Å². The van der Waals surface area contributed by atoms with E-state index < -0.39 is 17.8 Å². The summed E-state index contributed by atoms with van der Waals surface area (Å²) in [4.78, 5) is 27.4. The number of amides is 1. The SMILES string of the molecule is O=C(O)C1C(C(=O)Nc2nccs2)[C@H]2C=C[C@@H]1C2. The Morgan fingerprint density at radius 1 is 1.33 bits per heavy atom. The molecule has 0 aromatic carbocycles. The van der Waals surface area contributed by atoms with Crippen molar-refractivity contribution >= 4 is 28.3 Å². The smallest absolute Gasteiger partial charge is 0.307 e.